The molecule has 0 aliphatic carbocycles. The minimum Gasteiger partial charge on any atom is -0.481 e. The minimum absolute atomic E-state index is 0.298. The maximum atomic E-state index is 11.6. The second-order valence-electron chi connectivity index (χ2n) is 5.20. The molecule has 0 fully saturated rings. The average molecular weight is 345 g/mol. The molecule has 0 saturated carbocycles. The number of carboxylic acids is 2. The van der Waals surface area contributed by atoms with E-state index in [9.17, 15) is 14.7 Å². The van der Waals surface area contributed by atoms with Crippen molar-refractivity contribution in [3.63, 3.8) is 0 Å². The highest BCUT2D eigenvalue weighted by atomic mass is 35.5. The number of hydrogen-bond donors (Lipinski definition) is 2. The van der Waals surface area contributed by atoms with Crippen molar-refractivity contribution >= 4 is 35.3 Å². The van der Waals surface area contributed by atoms with E-state index < -0.39 is 23.8 Å². The van der Waals surface area contributed by atoms with Gasteiger partial charge in [-0.1, -0.05) is 38.3 Å². The van der Waals surface area contributed by atoms with E-state index >= 15 is 0 Å². The zero-order valence-corrected chi connectivity index (χ0v) is 14.3. The monoisotopic (exact) mass is 344 g/mol. The Balaban J connectivity index is 0.000000541. The van der Waals surface area contributed by atoms with E-state index in [2.05, 4.69) is 13.8 Å². The molecule has 2 N–H and O–H groups in total. The zero-order chi connectivity index (χ0) is 16.8. The van der Waals surface area contributed by atoms with E-state index in [4.69, 9.17) is 16.7 Å². The quantitative estimate of drug-likeness (QED) is 0.844. The van der Waals surface area contributed by atoms with Crippen LogP contribution < -0.4 is 0 Å². The van der Waals surface area contributed by atoms with Gasteiger partial charge < -0.3 is 10.2 Å². The van der Waals surface area contributed by atoms with Gasteiger partial charge in [-0.3, -0.25) is 9.59 Å². The van der Waals surface area contributed by atoms with Crippen LogP contribution in [0.25, 0.3) is 0 Å². The predicted octanol–water partition coefficient (Wildman–Crippen LogP) is 4.44. The van der Waals surface area contributed by atoms with Gasteiger partial charge in [-0.15, -0.1) is 11.8 Å². The van der Waals surface area contributed by atoms with Crippen LogP contribution in [0.5, 0.6) is 0 Å². The maximum absolute atomic E-state index is 11.6. The Morgan fingerprint density at radius 1 is 1.27 bits per heavy atom. The predicted molar refractivity (Wildman–Crippen MR) is 88.9 cm³/mol. The lowest BCUT2D eigenvalue weighted by Crippen LogP contribution is -2.40. The molecule has 122 valence electrons. The standard InChI is InChI=1S/C12H11ClO4S.C4H10/c13-7-1-2-9-8(5-7)12(11(16)17,3-4-18-9)6-10(14)15;1-3-4-2/h1-2,5H,3-4,6H2,(H,14,15)(H,16,17);3-4H2,1-2H3. The minimum atomic E-state index is -1.36. The Kier molecular flexibility index (Phi) is 7.23. The Hall–Kier alpha value is -1.20. The van der Waals surface area contributed by atoms with Gasteiger partial charge >= 0.3 is 11.9 Å². The van der Waals surface area contributed by atoms with Crippen LogP contribution in [0.1, 0.15) is 45.1 Å². The molecule has 1 heterocycles. The molecule has 0 bridgehead atoms. The fourth-order valence-corrected chi connectivity index (χ4v) is 3.63. The number of carboxylic acid groups (broad SMARTS) is 2. The summed E-state index contributed by atoms with van der Waals surface area (Å²) < 4.78 is 0. The zero-order valence-electron chi connectivity index (χ0n) is 12.8. The van der Waals surface area contributed by atoms with Crippen molar-refractivity contribution < 1.29 is 19.8 Å². The van der Waals surface area contributed by atoms with Crippen LogP contribution in [0, 0.1) is 0 Å². The molecule has 0 radical (unpaired) electrons. The number of unbranched alkanes of at least 4 members (excludes halogenated alkanes) is 1. The van der Waals surface area contributed by atoms with Crippen molar-refractivity contribution in [1.29, 1.82) is 0 Å². The molecular weight excluding hydrogens is 324 g/mol. The Morgan fingerprint density at radius 2 is 1.91 bits per heavy atom. The maximum Gasteiger partial charge on any atom is 0.314 e. The topological polar surface area (TPSA) is 74.6 Å². The Bertz CT molecular complexity index is 545. The van der Waals surface area contributed by atoms with Crippen LogP contribution in [0.3, 0.4) is 0 Å². The van der Waals surface area contributed by atoms with Gasteiger partial charge in [0.2, 0.25) is 0 Å². The smallest absolute Gasteiger partial charge is 0.314 e. The van der Waals surface area contributed by atoms with E-state index in [1.807, 2.05) is 0 Å². The molecule has 1 unspecified atom stereocenters. The first-order valence-electron chi connectivity index (χ1n) is 7.25. The highest BCUT2D eigenvalue weighted by Gasteiger charge is 2.45. The Morgan fingerprint density at radius 3 is 2.41 bits per heavy atom. The molecule has 4 nitrogen and oxygen atoms in total. The van der Waals surface area contributed by atoms with Gasteiger partial charge in [-0.2, -0.15) is 0 Å². The summed E-state index contributed by atoms with van der Waals surface area (Å²) in [6, 6.07) is 5.01. The van der Waals surface area contributed by atoms with E-state index in [1.54, 1.807) is 18.2 Å². The van der Waals surface area contributed by atoms with Gasteiger partial charge in [0, 0.05) is 9.92 Å². The van der Waals surface area contributed by atoms with E-state index in [1.165, 1.54) is 24.6 Å². The van der Waals surface area contributed by atoms with Crippen LogP contribution in [0.4, 0.5) is 0 Å². The molecule has 22 heavy (non-hydrogen) atoms. The van der Waals surface area contributed by atoms with Gasteiger partial charge in [-0.05, 0) is 35.9 Å². The largest absolute Gasteiger partial charge is 0.481 e. The number of thioether (sulfide) groups is 1. The Labute approximate surface area is 139 Å². The number of fused-ring (bicyclic) bond motifs is 1. The lowest BCUT2D eigenvalue weighted by Gasteiger charge is -2.34. The molecular formula is C16H21ClO4S. The number of halogens is 1. The summed E-state index contributed by atoms with van der Waals surface area (Å²) in [5.74, 6) is -1.63. The number of hydrogen-bond acceptors (Lipinski definition) is 3. The first-order valence-corrected chi connectivity index (χ1v) is 8.61. The molecule has 0 aromatic heterocycles. The highest BCUT2D eigenvalue weighted by Crippen LogP contribution is 2.45. The lowest BCUT2D eigenvalue weighted by molar-refractivity contribution is -0.150. The number of rotatable bonds is 4. The summed E-state index contributed by atoms with van der Waals surface area (Å²) >= 11 is 7.42. The number of aliphatic carboxylic acids is 2. The fraction of sp³-hybridized carbons (Fsp3) is 0.500. The SMILES string of the molecule is CCCC.O=C(O)CC1(C(=O)O)CCSc2ccc(Cl)cc21. The summed E-state index contributed by atoms with van der Waals surface area (Å²) in [7, 11) is 0. The third-order valence-electron chi connectivity index (χ3n) is 3.61. The van der Waals surface area contributed by atoms with Crippen LogP contribution in [0.15, 0.2) is 23.1 Å². The van der Waals surface area contributed by atoms with Crippen molar-refractivity contribution in [3.8, 4) is 0 Å². The van der Waals surface area contributed by atoms with Gasteiger partial charge in [0.1, 0.15) is 5.41 Å². The van der Waals surface area contributed by atoms with Crippen LogP contribution in [-0.2, 0) is 15.0 Å². The first kappa shape index (κ1) is 18.8. The molecule has 1 aliphatic rings. The van der Waals surface area contributed by atoms with Crippen molar-refractivity contribution in [2.75, 3.05) is 5.75 Å². The molecule has 2 rings (SSSR count). The molecule has 1 atom stereocenters. The number of benzene rings is 1. The van der Waals surface area contributed by atoms with Gasteiger partial charge in [0.25, 0.3) is 0 Å². The van der Waals surface area contributed by atoms with Crippen LogP contribution in [0.2, 0.25) is 5.02 Å². The van der Waals surface area contributed by atoms with Gasteiger partial charge in [0.15, 0.2) is 0 Å². The highest BCUT2D eigenvalue weighted by molar-refractivity contribution is 7.99. The van der Waals surface area contributed by atoms with Crippen molar-refractivity contribution in [2.24, 2.45) is 0 Å². The third-order valence-corrected chi connectivity index (χ3v) is 4.92. The van der Waals surface area contributed by atoms with Crippen molar-refractivity contribution in [1.82, 2.24) is 0 Å². The molecule has 0 amide bonds. The molecule has 0 saturated heterocycles. The average Bonchev–Trinajstić information content (AvgIpc) is 2.47. The lowest BCUT2D eigenvalue weighted by atomic mass is 9.75. The van der Waals surface area contributed by atoms with Gasteiger partial charge in [-0.25, -0.2) is 0 Å². The molecule has 6 heteroatoms. The van der Waals surface area contributed by atoms with Crippen molar-refractivity contribution in [3.05, 3.63) is 28.8 Å². The fourth-order valence-electron chi connectivity index (χ4n) is 2.21. The van der Waals surface area contributed by atoms with Crippen molar-refractivity contribution in [2.45, 2.75) is 49.8 Å². The van der Waals surface area contributed by atoms with Crippen LogP contribution >= 0.6 is 23.4 Å². The summed E-state index contributed by atoms with van der Waals surface area (Å²) in [5.41, 5.74) is -0.849. The van der Waals surface area contributed by atoms with Crippen LogP contribution in [-0.4, -0.2) is 27.9 Å². The molecule has 1 aromatic rings. The summed E-state index contributed by atoms with van der Waals surface area (Å²) in [6.45, 7) is 4.36. The summed E-state index contributed by atoms with van der Waals surface area (Å²) in [4.78, 5) is 23.3. The van der Waals surface area contributed by atoms with E-state index in [-0.39, 0.29) is 0 Å². The molecule has 1 aromatic carbocycles. The molecule has 0 spiro atoms. The summed E-state index contributed by atoms with van der Waals surface area (Å²) in [6.07, 6.45) is 2.52. The second-order valence-corrected chi connectivity index (χ2v) is 6.77. The number of carbonyl (C=O) groups is 2. The van der Waals surface area contributed by atoms with E-state index in [0.717, 1.165) is 4.90 Å². The molecule has 1 aliphatic heterocycles. The first-order chi connectivity index (χ1) is 10.4. The van der Waals surface area contributed by atoms with Gasteiger partial charge in [0.05, 0.1) is 6.42 Å². The second kappa shape index (κ2) is 8.44. The normalized spacial score (nSPS) is 19.6. The van der Waals surface area contributed by atoms with E-state index in [0.29, 0.717) is 22.8 Å². The third kappa shape index (κ3) is 4.40. The summed E-state index contributed by atoms with van der Waals surface area (Å²) in [5, 5.41) is 18.9.